The minimum absolute atomic E-state index is 0.0279. The fourth-order valence-electron chi connectivity index (χ4n) is 4.11. The summed E-state index contributed by atoms with van der Waals surface area (Å²) in [5.41, 5.74) is 11.4. The van der Waals surface area contributed by atoms with E-state index in [0.29, 0.717) is 12.3 Å². The maximum atomic E-state index is 13.3. The zero-order valence-corrected chi connectivity index (χ0v) is 16.9. The Bertz CT molecular complexity index is 1120. The molecule has 3 aromatic rings. The molecule has 1 fully saturated rings. The number of amides is 1. The Morgan fingerprint density at radius 3 is 2.53 bits per heavy atom. The van der Waals surface area contributed by atoms with Crippen molar-refractivity contribution in [1.29, 1.82) is 0 Å². The monoisotopic (exact) mass is 400 g/mol. The molecule has 5 rings (SSSR count). The van der Waals surface area contributed by atoms with Gasteiger partial charge in [-0.25, -0.2) is 0 Å². The first-order chi connectivity index (χ1) is 14.6. The van der Waals surface area contributed by atoms with E-state index in [1.54, 1.807) is 0 Å². The van der Waals surface area contributed by atoms with Gasteiger partial charge in [0, 0.05) is 12.2 Å². The first-order valence-electron chi connectivity index (χ1n) is 10.2. The quantitative estimate of drug-likeness (QED) is 0.660. The van der Waals surface area contributed by atoms with Crippen LogP contribution in [0, 0.1) is 6.92 Å². The second kappa shape index (κ2) is 7.18. The number of hydrogen-bond acceptors (Lipinski definition) is 4. The van der Waals surface area contributed by atoms with Crippen molar-refractivity contribution in [3.05, 3.63) is 77.4 Å². The van der Waals surface area contributed by atoms with Gasteiger partial charge in [0.2, 0.25) is 12.7 Å². The molecule has 3 aromatic carbocycles. The molecule has 1 amide bonds. The second-order valence-electron chi connectivity index (χ2n) is 7.98. The van der Waals surface area contributed by atoms with Crippen LogP contribution in [0.4, 0.5) is 5.69 Å². The smallest absolute Gasteiger partial charge is 0.235 e. The predicted octanol–water partition coefficient (Wildman–Crippen LogP) is 4.52. The zero-order chi connectivity index (χ0) is 20.7. The molecule has 1 heterocycles. The molecule has 0 saturated heterocycles. The van der Waals surface area contributed by atoms with E-state index < -0.39 is 5.41 Å². The number of anilines is 1. The predicted molar refractivity (Wildman–Crippen MR) is 117 cm³/mol. The van der Waals surface area contributed by atoms with E-state index in [2.05, 4.69) is 23.5 Å². The lowest BCUT2D eigenvalue weighted by Crippen LogP contribution is -2.28. The number of nitrogens with one attached hydrogen (secondary N) is 1. The lowest BCUT2D eigenvalue weighted by atomic mass is 9.93. The SMILES string of the molecule is Cc1c(NC(=O)C2(c3ccc4c(c3)OCO4)CC2)cccc1-c1ccc(CN)cc1. The fourth-order valence-corrected chi connectivity index (χ4v) is 4.11. The third-order valence-electron chi connectivity index (χ3n) is 6.19. The van der Waals surface area contributed by atoms with Gasteiger partial charge >= 0.3 is 0 Å². The third-order valence-corrected chi connectivity index (χ3v) is 6.19. The van der Waals surface area contributed by atoms with Crippen LogP contribution in [-0.4, -0.2) is 12.7 Å². The van der Waals surface area contributed by atoms with Crippen LogP contribution in [0.3, 0.4) is 0 Å². The maximum Gasteiger partial charge on any atom is 0.235 e. The summed E-state index contributed by atoms with van der Waals surface area (Å²) in [6.45, 7) is 2.80. The molecule has 3 N–H and O–H groups in total. The Balaban J connectivity index is 1.41. The lowest BCUT2D eigenvalue weighted by molar-refractivity contribution is -0.118. The molecule has 1 saturated carbocycles. The van der Waals surface area contributed by atoms with Crippen LogP contribution in [0.1, 0.15) is 29.5 Å². The number of rotatable bonds is 5. The van der Waals surface area contributed by atoms with Gasteiger partial charge in [0.15, 0.2) is 11.5 Å². The Kier molecular flexibility index (Phi) is 4.48. The van der Waals surface area contributed by atoms with E-state index in [1.165, 1.54) is 0 Å². The molecule has 30 heavy (non-hydrogen) atoms. The number of fused-ring (bicyclic) bond motifs is 1. The minimum atomic E-state index is -0.494. The molecule has 5 nitrogen and oxygen atoms in total. The molecule has 1 aliphatic heterocycles. The first-order valence-corrected chi connectivity index (χ1v) is 10.2. The topological polar surface area (TPSA) is 73.6 Å². The van der Waals surface area contributed by atoms with Gasteiger partial charge < -0.3 is 20.5 Å². The van der Waals surface area contributed by atoms with Gasteiger partial charge in [-0.1, -0.05) is 42.5 Å². The van der Waals surface area contributed by atoms with Crippen LogP contribution < -0.4 is 20.5 Å². The van der Waals surface area contributed by atoms with E-state index in [9.17, 15) is 4.79 Å². The zero-order valence-electron chi connectivity index (χ0n) is 16.9. The molecule has 5 heteroatoms. The number of ether oxygens (including phenoxy) is 2. The lowest BCUT2D eigenvalue weighted by Gasteiger charge is -2.19. The fraction of sp³-hybridized carbons (Fsp3) is 0.240. The van der Waals surface area contributed by atoms with Crippen molar-refractivity contribution < 1.29 is 14.3 Å². The molecular formula is C25H24N2O3. The van der Waals surface area contributed by atoms with Gasteiger partial charge in [-0.3, -0.25) is 4.79 Å². The number of carbonyl (C=O) groups is 1. The van der Waals surface area contributed by atoms with Gasteiger partial charge in [0.05, 0.1) is 5.41 Å². The van der Waals surface area contributed by atoms with Crippen LogP contribution in [0.25, 0.3) is 11.1 Å². The standard InChI is InChI=1S/C25H24N2O3/c1-16-20(18-7-5-17(14-26)6-8-18)3-2-4-21(16)27-24(28)25(11-12-25)19-9-10-22-23(13-19)30-15-29-22/h2-10,13H,11-12,14-15,26H2,1H3,(H,27,28). The van der Waals surface area contributed by atoms with Crippen molar-refractivity contribution in [1.82, 2.24) is 0 Å². The molecule has 0 aromatic heterocycles. The summed E-state index contributed by atoms with van der Waals surface area (Å²) in [6.07, 6.45) is 1.66. The van der Waals surface area contributed by atoms with E-state index in [4.69, 9.17) is 15.2 Å². The highest BCUT2D eigenvalue weighted by molar-refractivity contribution is 6.02. The van der Waals surface area contributed by atoms with Crippen LogP contribution in [-0.2, 0) is 16.8 Å². The van der Waals surface area contributed by atoms with E-state index >= 15 is 0 Å². The molecule has 152 valence electrons. The summed E-state index contributed by atoms with van der Waals surface area (Å²) in [7, 11) is 0. The van der Waals surface area contributed by atoms with Gasteiger partial charge in [0.25, 0.3) is 0 Å². The van der Waals surface area contributed by atoms with E-state index in [1.807, 2.05) is 49.4 Å². The molecule has 0 radical (unpaired) electrons. The summed E-state index contributed by atoms with van der Waals surface area (Å²) >= 11 is 0. The van der Waals surface area contributed by atoms with Crippen molar-refractivity contribution in [3.8, 4) is 22.6 Å². The Hall–Kier alpha value is -3.31. The van der Waals surface area contributed by atoms with Crippen LogP contribution in [0.15, 0.2) is 60.7 Å². The number of nitrogens with two attached hydrogens (primary N) is 1. The largest absolute Gasteiger partial charge is 0.454 e. The molecule has 1 aliphatic carbocycles. The van der Waals surface area contributed by atoms with E-state index in [0.717, 1.165) is 52.1 Å². The van der Waals surface area contributed by atoms with Crippen LogP contribution in [0.5, 0.6) is 11.5 Å². The Labute approximate surface area is 175 Å². The second-order valence-corrected chi connectivity index (χ2v) is 7.98. The molecule has 0 spiro atoms. The van der Waals surface area contributed by atoms with Crippen molar-refractivity contribution in [2.24, 2.45) is 5.73 Å². The summed E-state index contributed by atoms with van der Waals surface area (Å²) < 4.78 is 10.9. The molecular weight excluding hydrogens is 376 g/mol. The van der Waals surface area contributed by atoms with Crippen molar-refractivity contribution in [2.45, 2.75) is 31.7 Å². The van der Waals surface area contributed by atoms with Crippen molar-refractivity contribution >= 4 is 11.6 Å². The molecule has 0 atom stereocenters. The Morgan fingerprint density at radius 1 is 1.03 bits per heavy atom. The average molecular weight is 400 g/mol. The number of benzene rings is 3. The third kappa shape index (κ3) is 3.12. The van der Waals surface area contributed by atoms with Crippen molar-refractivity contribution in [3.63, 3.8) is 0 Å². The van der Waals surface area contributed by atoms with Crippen LogP contribution >= 0.6 is 0 Å². The highest BCUT2D eigenvalue weighted by atomic mass is 16.7. The summed E-state index contributed by atoms with van der Waals surface area (Å²) in [5, 5.41) is 3.18. The van der Waals surface area contributed by atoms with Gasteiger partial charge in [-0.2, -0.15) is 0 Å². The first kappa shape index (κ1) is 18.7. The summed E-state index contributed by atoms with van der Waals surface area (Å²) in [5.74, 6) is 1.48. The summed E-state index contributed by atoms with van der Waals surface area (Å²) in [4.78, 5) is 13.3. The minimum Gasteiger partial charge on any atom is -0.454 e. The summed E-state index contributed by atoms with van der Waals surface area (Å²) in [6, 6.07) is 20.1. The maximum absolute atomic E-state index is 13.3. The van der Waals surface area contributed by atoms with Gasteiger partial charge in [0.1, 0.15) is 0 Å². The highest BCUT2D eigenvalue weighted by Gasteiger charge is 2.51. The Morgan fingerprint density at radius 2 is 1.80 bits per heavy atom. The normalized spacial score (nSPS) is 15.7. The van der Waals surface area contributed by atoms with Crippen LogP contribution in [0.2, 0.25) is 0 Å². The number of carbonyl (C=O) groups excluding carboxylic acids is 1. The highest BCUT2D eigenvalue weighted by Crippen LogP contribution is 2.51. The average Bonchev–Trinajstić information content (AvgIpc) is 3.46. The number of hydrogen-bond donors (Lipinski definition) is 2. The van der Waals surface area contributed by atoms with E-state index in [-0.39, 0.29) is 12.7 Å². The van der Waals surface area contributed by atoms with Gasteiger partial charge in [-0.05, 0) is 65.8 Å². The molecule has 0 bridgehead atoms. The van der Waals surface area contributed by atoms with Gasteiger partial charge in [-0.15, -0.1) is 0 Å². The molecule has 2 aliphatic rings. The molecule has 0 unspecified atom stereocenters. The van der Waals surface area contributed by atoms with Crippen molar-refractivity contribution in [2.75, 3.05) is 12.1 Å².